The molecule has 0 aromatic carbocycles. The molecule has 17 heavy (non-hydrogen) atoms. The lowest BCUT2D eigenvalue weighted by Crippen LogP contribution is -2.21. The zero-order chi connectivity index (χ0) is 12.9. The molecule has 7 nitrogen and oxygen atoms in total. The Hall–Kier alpha value is -0.960. The molecule has 1 rings (SSSR count). The standard InChI is InChI=1S/C9H18N4O3S/c1-13-9(17(10,14)15)8(7-12-13)6-11-4-3-5-16-2/h7,11H,3-6H2,1-2H3,(H2,10,14,15). The van der Waals surface area contributed by atoms with Crippen molar-refractivity contribution in [3.8, 4) is 0 Å². The number of hydrogen-bond acceptors (Lipinski definition) is 5. The summed E-state index contributed by atoms with van der Waals surface area (Å²) in [6.07, 6.45) is 2.37. The normalized spacial score (nSPS) is 11.9. The first-order chi connectivity index (χ1) is 7.96. The monoisotopic (exact) mass is 262 g/mol. The van der Waals surface area contributed by atoms with E-state index in [9.17, 15) is 8.42 Å². The summed E-state index contributed by atoms with van der Waals surface area (Å²) in [5.74, 6) is 0. The molecule has 0 bridgehead atoms. The SMILES string of the molecule is COCCCNCc1cnn(C)c1S(N)(=O)=O. The van der Waals surface area contributed by atoms with Crippen molar-refractivity contribution >= 4 is 10.0 Å². The first-order valence-electron chi connectivity index (χ1n) is 5.20. The molecule has 1 heterocycles. The van der Waals surface area contributed by atoms with Crippen molar-refractivity contribution in [1.82, 2.24) is 15.1 Å². The Morgan fingerprint density at radius 2 is 2.29 bits per heavy atom. The van der Waals surface area contributed by atoms with Gasteiger partial charge in [0.1, 0.15) is 0 Å². The van der Waals surface area contributed by atoms with E-state index in [0.29, 0.717) is 18.7 Å². The lowest BCUT2D eigenvalue weighted by molar-refractivity contribution is 0.194. The maximum Gasteiger partial charge on any atom is 0.255 e. The lowest BCUT2D eigenvalue weighted by atomic mass is 10.3. The van der Waals surface area contributed by atoms with E-state index >= 15 is 0 Å². The molecule has 0 aliphatic rings. The van der Waals surface area contributed by atoms with Gasteiger partial charge in [-0.25, -0.2) is 13.6 Å². The molecule has 0 fully saturated rings. The molecule has 1 aromatic rings. The van der Waals surface area contributed by atoms with Crippen LogP contribution in [0.1, 0.15) is 12.0 Å². The van der Waals surface area contributed by atoms with Crippen molar-refractivity contribution in [2.24, 2.45) is 12.2 Å². The minimum atomic E-state index is -3.73. The smallest absolute Gasteiger partial charge is 0.255 e. The predicted octanol–water partition coefficient (Wildman–Crippen LogP) is -0.806. The second kappa shape index (κ2) is 6.10. The molecule has 0 amide bonds. The van der Waals surface area contributed by atoms with Crippen LogP contribution in [-0.4, -0.2) is 38.5 Å². The number of aryl methyl sites for hydroxylation is 1. The average molecular weight is 262 g/mol. The Kier molecular flexibility index (Phi) is 5.06. The summed E-state index contributed by atoms with van der Waals surface area (Å²) in [4.78, 5) is 0. The van der Waals surface area contributed by atoms with Crippen LogP contribution in [0.2, 0.25) is 0 Å². The topological polar surface area (TPSA) is 99.2 Å². The van der Waals surface area contributed by atoms with Gasteiger partial charge in [-0.3, -0.25) is 4.68 Å². The van der Waals surface area contributed by atoms with Crippen LogP contribution in [0.5, 0.6) is 0 Å². The van der Waals surface area contributed by atoms with Crippen molar-refractivity contribution in [2.75, 3.05) is 20.3 Å². The second-order valence-corrected chi connectivity index (χ2v) is 5.14. The maximum atomic E-state index is 11.3. The molecule has 0 aliphatic heterocycles. The molecule has 8 heteroatoms. The summed E-state index contributed by atoms with van der Waals surface area (Å²) in [6, 6.07) is 0. The molecule has 0 spiro atoms. The van der Waals surface area contributed by atoms with Crippen LogP contribution in [0.15, 0.2) is 11.2 Å². The van der Waals surface area contributed by atoms with Crippen molar-refractivity contribution in [1.29, 1.82) is 0 Å². The molecule has 3 N–H and O–H groups in total. The highest BCUT2D eigenvalue weighted by molar-refractivity contribution is 7.89. The predicted molar refractivity (Wildman–Crippen MR) is 62.8 cm³/mol. The molecular weight excluding hydrogens is 244 g/mol. The molecule has 0 unspecified atom stereocenters. The van der Waals surface area contributed by atoms with Crippen LogP contribution in [-0.2, 0) is 28.4 Å². The van der Waals surface area contributed by atoms with Crippen LogP contribution in [0.3, 0.4) is 0 Å². The first-order valence-corrected chi connectivity index (χ1v) is 6.74. The zero-order valence-electron chi connectivity index (χ0n) is 10.0. The number of hydrogen-bond donors (Lipinski definition) is 2. The number of nitrogens with two attached hydrogens (primary N) is 1. The third-order valence-electron chi connectivity index (χ3n) is 2.24. The molecule has 1 aromatic heterocycles. The fourth-order valence-corrected chi connectivity index (χ4v) is 2.43. The van der Waals surface area contributed by atoms with Crippen LogP contribution in [0.4, 0.5) is 0 Å². The van der Waals surface area contributed by atoms with Gasteiger partial charge in [0.15, 0.2) is 5.03 Å². The number of nitrogens with zero attached hydrogens (tertiary/aromatic N) is 2. The second-order valence-electron chi connectivity index (χ2n) is 3.67. The number of sulfonamides is 1. The van der Waals surface area contributed by atoms with Gasteiger partial charge in [-0.1, -0.05) is 0 Å². The van der Waals surface area contributed by atoms with Gasteiger partial charge in [0.2, 0.25) is 0 Å². The first kappa shape index (κ1) is 14.1. The van der Waals surface area contributed by atoms with E-state index in [1.54, 1.807) is 14.2 Å². The molecule has 0 atom stereocenters. The van der Waals surface area contributed by atoms with Crippen LogP contribution in [0, 0.1) is 0 Å². The minimum Gasteiger partial charge on any atom is -0.385 e. The largest absolute Gasteiger partial charge is 0.385 e. The lowest BCUT2D eigenvalue weighted by Gasteiger charge is -2.05. The number of methoxy groups -OCH3 is 1. The Balaban J connectivity index is 2.60. The van der Waals surface area contributed by atoms with E-state index in [4.69, 9.17) is 9.88 Å². The van der Waals surface area contributed by atoms with Gasteiger partial charge < -0.3 is 10.1 Å². The van der Waals surface area contributed by atoms with E-state index < -0.39 is 10.0 Å². The summed E-state index contributed by atoms with van der Waals surface area (Å²) in [5.41, 5.74) is 0.576. The zero-order valence-corrected chi connectivity index (χ0v) is 10.8. The highest BCUT2D eigenvalue weighted by Gasteiger charge is 2.18. The van der Waals surface area contributed by atoms with E-state index in [0.717, 1.165) is 13.0 Å². The van der Waals surface area contributed by atoms with E-state index in [-0.39, 0.29) is 5.03 Å². The van der Waals surface area contributed by atoms with E-state index in [2.05, 4.69) is 10.4 Å². The molecule has 0 saturated carbocycles. The number of ether oxygens (including phenoxy) is 1. The maximum absolute atomic E-state index is 11.3. The van der Waals surface area contributed by atoms with Crippen molar-refractivity contribution in [3.05, 3.63) is 11.8 Å². The number of rotatable bonds is 7. The molecule has 98 valence electrons. The summed E-state index contributed by atoms with van der Waals surface area (Å²) in [7, 11) is -0.544. The Morgan fingerprint density at radius 3 is 2.88 bits per heavy atom. The fraction of sp³-hybridized carbons (Fsp3) is 0.667. The van der Waals surface area contributed by atoms with Crippen molar-refractivity contribution < 1.29 is 13.2 Å². The molecular formula is C9H18N4O3S. The number of aromatic nitrogens is 2. The van der Waals surface area contributed by atoms with Crippen LogP contribution >= 0.6 is 0 Å². The third kappa shape index (κ3) is 4.08. The molecule has 0 radical (unpaired) electrons. The quantitative estimate of drug-likeness (QED) is 0.626. The van der Waals surface area contributed by atoms with Crippen molar-refractivity contribution in [3.63, 3.8) is 0 Å². The summed E-state index contributed by atoms with van der Waals surface area (Å²) < 4.78 is 28.8. The number of nitrogens with one attached hydrogen (secondary N) is 1. The van der Waals surface area contributed by atoms with E-state index in [1.807, 2.05) is 0 Å². The van der Waals surface area contributed by atoms with Gasteiger partial charge in [-0.05, 0) is 13.0 Å². The van der Waals surface area contributed by atoms with Crippen molar-refractivity contribution in [2.45, 2.75) is 18.0 Å². The van der Waals surface area contributed by atoms with Gasteiger partial charge in [0.05, 0.1) is 6.20 Å². The summed E-state index contributed by atoms with van der Waals surface area (Å²) in [5, 5.41) is 12.2. The third-order valence-corrected chi connectivity index (χ3v) is 3.31. The summed E-state index contributed by atoms with van der Waals surface area (Å²) >= 11 is 0. The molecule has 0 saturated heterocycles. The van der Waals surface area contributed by atoms with Gasteiger partial charge in [-0.2, -0.15) is 5.10 Å². The highest BCUT2D eigenvalue weighted by Crippen LogP contribution is 2.12. The van der Waals surface area contributed by atoms with Gasteiger partial charge in [0.25, 0.3) is 10.0 Å². The Bertz CT molecular complexity index is 455. The average Bonchev–Trinajstić information content (AvgIpc) is 2.59. The highest BCUT2D eigenvalue weighted by atomic mass is 32.2. The van der Waals surface area contributed by atoms with E-state index in [1.165, 1.54) is 10.9 Å². The van der Waals surface area contributed by atoms with Gasteiger partial charge in [0, 0.05) is 32.9 Å². The van der Waals surface area contributed by atoms with Crippen LogP contribution < -0.4 is 10.5 Å². The van der Waals surface area contributed by atoms with Gasteiger partial charge >= 0.3 is 0 Å². The van der Waals surface area contributed by atoms with Gasteiger partial charge in [-0.15, -0.1) is 0 Å². The Labute approximate surface area is 101 Å². The Morgan fingerprint density at radius 1 is 1.59 bits per heavy atom. The summed E-state index contributed by atoms with van der Waals surface area (Å²) in [6.45, 7) is 1.83. The minimum absolute atomic E-state index is 0.0525. The van der Waals surface area contributed by atoms with Crippen LogP contribution in [0.25, 0.3) is 0 Å². The number of primary sulfonamides is 1. The molecule has 0 aliphatic carbocycles. The fourth-order valence-electron chi connectivity index (χ4n) is 1.52.